The van der Waals surface area contributed by atoms with E-state index in [1.54, 1.807) is 5.01 Å². The van der Waals surface area contributed by atoms with Gasteiger partial charge < -0.3 is 0 Å². The van der Waals surface area contributed by atoms with Crippen molar-refractivity contribution in [2.24, 2.45) is 10.5 Å². The Balaban J connectivity index is 1.63. The standard InChI is InChI=1S/C43H32N2O/c46-42-43(32-33-19-7-1-8-20-33,41(37-27-15-5-16-28-37)44-45(42)38-29-17-6-18-30-38)40(36-25-13-4-14-26-36)31-39(34-21-9-2-10-22-34)35-23-11-3-12-24-35/h1-30H,32H2/t43-/m0/s1. The predicted molar refractivity (Wildman–Crippen MR) is 188 cm³/mol. The van der Waals surface area contributed by atoms with E-state index in [1.165, 1.54) is 0 Å². The highest BCUT2D eigenvalue weighted by molar-refractivity contribution is 6.31. The molecule has 1 atom stereocenters. The number of hydrazone groups is 1. The SMILES string of the molecule is O=C1N(c2ccccc2)N=C(c2ccccc2)[C@]1(Cc1ccccc1)C(=C=C(c1ccccc1)c1ccccc1)c1ccccc1. The molecular weight excluding hydrogens is 560 g/mol. The predicted octanol–water partition coefficient (Wildman–Crippen LogP) is 9.48. The average molecular weight is 593 g/mol. The molecule has 0 aromatic heterocycles. The molecule has 0 spiro atoms. The van der Waals surface area contributed by atoms with E-state index in [2.05, 4.69) is 54.3 Å². The van der Waals surface area contributed by atoms with E-state index in [4.69, 9.17) is 5.10 Å². The minimum atomic E-state index is -1.21. The Hall–Kier alpha value is -6.02. The van der Waals surface area contributed by atoms with Gasteiger partial charge in [-0.05, 0) is 46.4 Å². The highest BCUT2D eigenvalue weighted by atomic mass is 16.2. The van der Waals surface area contributed by atoms with Crippen molar-refractivity contribution >= 4 is 28.5 Å². The lowest BCUT2D eigenvalue weighted by Crippen LogP contribution is -2.43. The lowest BCUT2D eigenvalue weighted by atomic mass is 9.67. The zero-order valence-corrected chi connectivity index (χ0v) is 25.3. The molecule has 7 rings (SSSR count). The summed E-state index contributed by atoms with van der Waals surface area (Å²) in [4.78, 5) is 15.4. The van der Waals surface area contributed by atoms with Crippen molar-refractivity contribution in [1.29, 1.82) is 0 Å². The monoisotopic (exact) mass is 592 g/mol. The van der Waals surface area contributed by atoms with Gasteiger partial charge >= 0.3 is 0 Å². The molecule has 0 saturated heterocycles. The molecule has 1 amide bonds. The van der Waals surface area contributed by atoms with Gasteiger partial charge in [-0.1, -0.05) is 170 Å². The van der Waals surface area contributed by atoms with Crippen LogP contribution in [-0.2, 0) is 11.2 Å². The molecule has 3 heteroatoms. The molecule has 6 aromatic carbocycles. The van der Waals surface area contributed by atoms with Crippen LogP contribution in [0.4, 0.5) is 5.69 Å². The first-order chi connectivity index (χ1) is 22.7. The molecule has 0 bridgehead atoms. The maximum Gasteiger partial charge on any atom is 0.265 e. The molecule has 0 fully saturated rings. The first-order valence-electron chi connectivity index (χ1n) is 15.5. The summed E-state index contributed by atoms with van der Waals surface area (Å²) in [6.45, 7) is 0. The topological polar surface area (TPSA) is 32.7 Å². The fraction of sp³-hybridized carbons (Fsp3) is 0.0465. The second-order valence-electron chi connectivity index (χ2n) is 11.3. The molecule has 0 saturated carbocycles. The zero-order chi connectivity index (χ0) is 31.2. The van der Waals surface area contributed by atoms with Crippen LogP contribution in [0.3, 0.4) is 0 Å². The van der Waals surface area contributed by atoms with E-state index in [-0.39, 0.29) is 5.91 Å². The first kappa shape index (κ1) is 28.7. The Morgan fingerprint density at radius 3 is 1.50 bits per heavy atom. The maximum absolute atomic E-state index is 15.4. The number of hydrogen-bond acceptors (Lipinski definition) is 2. The Kier molecular flexibility index (Phi) is 8.07. The van der Waals surface area contributed by atoms with Gasteiger partial charge in [0.25, 0.3) is 5.91 Å². The normalized spacial score (nSPS) is 15.6. The number of para-hydroxylation sites is 1. The minimum absolute atomic E-state index is 0.117. The molecule has 0 radical (unpaired) electrons. The van der Waals surface area contributed by atoms with E-state index in [1.807, 2.05) is 133 Å². The van der Waals surface area contributed by atoms with Crippen LogP contribution in [0.2, 0.25) is 0 Å². The van der Waals surface area contributed by atoms with Gasteiger partial charge in [0.05, 0.1) is 11.4 Å². The van der Waals surface area contributed by atoms with Crippen LogP contribution in [0.5, 0.6) is 0 Å². The van der Waals surface area contributed by atoms with Crippen molar-refractivity contribution in [3.8, 4) is 0 Å². The zero-order valence-electron chi connectivity index (χ0n) is 25.3. The molecule has 1 aliphatic rings. The number of amides is 1. The smallest absolute Gasteiger partial charge is 0.265 e. The van der Waals surface area contributed by atoms with Gasteiger partial charge in [0, 0.05) is 11.1 Å². The highest BCUT2D eigenvalue weighted by Crippen LogP contribution is 2.48. The van der Waals surface area contributed by atoms with Gasteiger partial charge in [-0.2, -0.15) is 10.1 Å². The van der Waals surface area contributed by atoms with E-state index >= 15 is 4.79 Å². The summed E-state index contributed by atoms with van der Waals surface area (Å²) in [6.07, 6.45) is 0.401. The first-order valence-corrected chi connectivity index (χ1v) is 15.5. The van der Waals surface area contributed by atoms with Crippen LogP contribution in [0.25, 0.3) is 11.1 Å². The van der Waals surface area contributed by atoms with Gasteiger partial charge in [-0.25, -0.2) is 0 Å². The fourth-order valence-corrected chi connectivity index (χ4v) is 6.21. The number of carbonyl (C=O) groups is 1. The van der Waals surface area contributed by atoms with Gasteiger partial charge in [-0.3, -0.25) is 4.79 Å². The lowest BCUT2D eigenvalue weighted by Gasteiger charge is -2.32. The third kappa shape index (κ3) is 5.52. The largest absolute Gasteiger partial charge is 0.271 e. The molecule has 0 unspecified atom stereocenters. The van der Waals surface area contributed by atoms with Gasteiger partial charge in [0.1, 0.15) is 5.41 Å². The van der Waals surface area contributed by atoms with Crippen molar-refractivity contribution in [3.05, 3.63) is 216 Å². The van der Waals surface area contributed by atoms with Crippen LogP contribution < -0.4 is 5.01 Å². The number of benzene rings is 6. The minimum Gasteiger partial charge on any atom is -0.271 e. The summed E-state index contributed by atoms with van der Waals surface area (Å²) < 4.78 is 0. The molecule has 220 valence electrons. The molecule has 46 heavy (non-hydrogen) atoms. The Morgan fingerprint density at radius 2 is 0.978 bits per heavy atom. The summed E-state index contributed by atoms with van der Waals surface area (Å²) >= 11 is 0. The molecular formula is C43H32N2O. The molecule has 1 aliphatic heterocycles. The van der Waals surface area contributed by atoms with E-state index in [0.29, 0.717) is 12.1 Å². The number of hydrogen-bond donors (Lipinski definition) is 0. The van der Waals surface area contributed by atoms with Crippen molar-refractivity contribution in [3.63, 3.8) is 0 Å². The Morgan fingerprint density at radius 1 is 0.543 bits per heavy atom. The van der Waals surface area contributed by atoms with Gasteiger partial charge in [0.15, 0.2) is 0 Å². The maximum atomic E-state index is 15.4. The second-order valence-corrected chi connectivity index (χ2v) is 11.3. The van der Waals surface area contributed by atoms with E-state index in [9.17, 15) is 0 Å². The van der Waals surface area contributed by atoms with Crippen LogP contribution in [-0.4, -0.2) is 11.6 Å². The Labute approximate surface area is 270 Å². The summed E-state index contributed by atoms with van der Waals surface area (Å²) in [5.74, 6) is -0.117. The quantitative estimate of drug-likeness (QED) is 0.162. The summed E-state index contributed by atoms with van der Waals surface area (Å²) in [6, 6.07) is 60.8. The van der Waals surface area contributed by atoms with Crippen molar-refractivity contribution in [2.75, 3.05) is 5.01 Å². The van der Waals surface area contributed by atoms with Crippen molar-refractivity contribution in [1.82, 2.24) is 0 Å². The summed E-state index contributed by atoms with van der Waals surface area (Å²) in [5.41, 5.74) is 10.7. The van der Waals surface area contributed by atoms with Crippen molar-refractivity contribution < 1.29 is 4.79 Å². The molecule has 1 heterocycles. The van der Waals surface area contributed by atoms with Crippen LogP contribution in [0.15, 0.2) is 193 Å². The van der Waals surface area contributed by atoms with Crippen molar-refractivity contribution in [2.45, 2.75) is 6.42 Å². The van der Waals surface area contributed by atoms with Gasteiger partial charge in [0.2, 0.25) is 0 Å². The lowest BCUT2D eigenvalue weighted by molar-refractivity contribution is -0.121. The molecule has 6 aromatic rings. The molecule has 0 N–H and O–H groups in total. The van der Waals surface area contributed by atoms with E-state index < -0.39 is 5.41 Å². The summed E-state index contributed by atoms with van der Waals surface area (Å²) in [7, 11) is 0. The van der Waals surface area contributed by atoms with Crippen LogP contribution in [0.1, 0.15) is 27.8 Å². The number of rotatable bonds is 8. The van der Waals surface area contributed by atoms with E-state index in [0.717, 1.165) is 44.7 Å². The van der Waals surface area contributed by atoms with Crippen LogP contribution >= 0.6 is 0 Å². The third-order valence-electron chi connectivity index (χ3n) is 8.39. The number of carbonyl (C=O) groups excluding carboxylic acids is 1. The number of anilines is 1. The molecule has 0 aliphatic carbocycles. The summed E-state index contributed by atoms with van der Waals surface area (Å²) in [5, 5.41) is 6.77. The second kappa shape index (κ2) is 12.9. The Bertz CT molecular complexity index is 1990. The third-order valence-corrected chi connectivity index (χ3v) is 8.39. The van der Waals surface area contributed by atoms with Crippen LogP contribution in [0, 0.1) is 5.41 Å². The fourth-order valence-electron chi connectivity index (χ4n) is 6.21. The molecule has 3 nitrogen and oxygen atoms in total. The van der Waals surface area contributed by atoms with Gasteiger partial charge in [-0.15, -0.1) is 5.73 Å². The highest BCUT2D eigenvalue weighted by Gasteiger charge is 2.55. The number of nitrogens with zero attached hydrogens (tertiary/aromatic N) is 2. The average Bonchev–Trinajstić information content (AvgIpc) is 3.42.